The quantitative estimate of drug-likeness (QED) is 0.736. The summed E-state index contributed by atoms with van der Waals surface area (Å²) in [6.07, 6.45) is 1.53. The molecular weight excluding hydrogens is 340 g/mol. The molecule has 0 saturated heterocycles. The molecule has 3 aromatic heterocycles. The van der Waals surface area contributed by atoms with E-state index in [1.54, 1.807) is 23.5 Å². The van der Waals surface area contributed by atoms with Gasteiger partial charge in [0.2, 0.25) is 10.0 Å². The normalized spacial score (nSPS) is 11.9. The molecule has 6 nitrogen and oxygen atoms in total. The summed E-state index contributed by atoms with van der Waals surface area (Å²) in [6.45, 7) is 2.55. The highest BCUT2D eigenvalue weighted by molar-refractivity contribution is 7.91. The van der Waals surface area contributed by atoms with E-state index in [2.05, 4.69) is 20.0 Å². The second-order valence-corrected chi connectivity index (χ2v) is 9.10. The summed E-state index contributed by atoms with van der Waals surface area (Å²) in [5.41, 5.74) is 0. The van der Waals surface area contributed by atoms with Crippen LogP contribution in [0.25, 0.3) is 10.2 Å². The molecule has 0 aromatic carbocycles. The summed E-state index contributed by atoms with van der Waals surface area (Å²) in [6, 6.07) is 5.46. The average molecular weight is 354 g/mol. The molecule has 2 N–H and O–H groups in total. The zero-order chi connectivity index (χ0) is 15.7. The van der Waals surface area contributed by atoms with E-state index in [1.165, 1.54) is 29.6 Å². The van der Waals surface area contributed by atoms with Gasteiger partial charge in [-0.05, 0) is 32.2 Å². The Morgan fingerprint density at radius 1 is 1.23 bits per heavy atom. The number of aromatic nitrogens is 2. The number of fused-ring (bicyclic) bond motifs is 1. The maximum atomic E-state index is 11.7. The lowest BCUT2D eigenvalue weighted by molar-refractivity contribution is 0.590. The lowest BCUT2D eigenvalue weighted by Crippen LogP contribution is -2.17. The molecule has 3 aromatic rings. The number of hydrogen-bond acceptors (Lipinski definition) is 7. The third-order valence-corrected chi connectivity index (χ3v) is 7.00. The zero-order valence-corrected chi connectivity index (χ0v) is 14.4. The lowest BCUT2D eigenvalue weighted by atomic mass is 10.3. The van der Waals surface area contributed by atoms with Gasteiger partial charge in [0.25, 0.3) is 0 Å². The molecule has 0 spiro atoms. The third kappa shape index (κ3) is 2.98. The predicted molar refractivity (Wildman–Crippen MR) is 90.0 cm³/mol. The van der Waals surface area contributed by atoms with Crippen LogP contribution in [-0.4, -0.2) is 25.4 Å². The number of sulfonamides is 1. The lowest BCUT2D eigenvalue weighted by Gasteiger charge is -2.04. The van der Waals surface area contributed by atoms with Gasteiger partial charge < -0.3 is 5.32 Å². The van der Waals surface area contributed by atoms with Gasteiger partial charge >= 0.3 is 0 Å². The summed E-state index contributed by atoms with van der Waals surface area (Å²) in [7, 11) is -1.97. The van der Waals surface area contributed by atoms with Gasteiger partial charge in [0.1, 0.15) is 21.2 Å². The molecule has 0 aliphatic heterocycles. The molecule has 0 unspecified atom stereocenters. The summed E-state index contributed by atoms with van der Waals surface area (Å²) < 4.78 is 26.1. The Bertz CT molecular complexity index is 914. The molecule has 9 heteroatoms. The van der Waals surface area contributed by atoms with Crippen molar-refractivity contribution in [2.24, 2.45) is 0 Å². The van der Waals surface area contributed by atoms with E-state index in [9.17, 15) is 8.42 Å². The number of nitrogens with zero attached hydrogens (tertiary/aromatic N) is 2. The van der Waals surface area contributed by atoms with Crippen molar-refractivity contribution >= 4 is 48.7 Å². The van der Waals surface area contributed by atoms with Crippen molar-refractivity contribution in [2.75, 3.05) is 12.4 Å². The van der Waals surface area contributed by atoms with Crippen molar-refractivity contribution in [3.05, 3.63) is 34.3 Å². The summed E-state index contributed by atoms with van der Waals surface area (Å²) in [5, 5.41) is 4.24. The fourth-order valence-electron chi connectivity index (χ4n) is 1.99. The SMILES string of the molecule is CNS(=O)(=O)c1ccc(CNc2ncnc3sc(C)cc23)s1. The number of anilines is 1. The van der Waals surface area contributed by atoms with E-state index in [1.807, 2.05) is 13.0 Å². The van der Waals surface area contributed by atoms with E-state index in [-0.39, 0.29) is 0 Å². The van der Waals surface area contributed by atoms with Gasteiger partial charge in [0.05, 0.1) is 11.9 Å². The van der Waals surface area contributed by atoms with Crippen molar-refractivity contribution in [2.45, 2.75) is 17.7 Å². The Morgan fingerprint density at radius 2 is 2.05 bits per heavy atom. The summed E-state index contributed by atoms with van der Waals surface area (Å²) >= 11 is 2.86. The zero-order valence-electron chi connectivity index (χ0n) is 12.0. The van der Waals surface area contributed by atoms with Crippen LogP contribution in [0.5, 0.6) is 0 Å². The Balaban J connectivity index is 1.80. The van der Waals surface area contributed by atoms with E-state index in [0.29, 0.717) is 10.8 Å². The van der Waals surface area contributed by atoms with Crippen molar-refractivity contribution in [1.29, 1.82) is 0 Å². The van der Waals surface area contributed by atoms with Crippen LogP contribution < -0.4 is 10.0 Å². The second-order valence-electron chi connectivity index (χ2n) is 4.58. The Morgan fingerprint density at radius 3 is 2.82 bits per heavy atom. The molecule has 0 amide bonds. The third-order valence-electron chi connectivity index (χ3n) is 3.05. The van der Waals surface area contributed by atoms with Crippen LogP contribution >= 0.6 is 22.7 Å². The highest BCUT2D eigenvalue weighted by Gasteiger charge is 2.14. The van der Waals surface area contributed by atoms with Crippen LogP contribution in [0.15, 0.2) is 28.7 Å². The van der Waals surface area contributed by atoms with Gasteiger partial charge in [0, 0.05) is 9.75 Å². The standard InChI is InChI=1S/C13H14N4O2S3/c1-8-5-10-12(16-7-17-13(10)20-8)15-6-9-3-4-11(21-9)22(18,19)14-2/h3-5,7,14H,6H2,1-2H3,(H,15,16,17). The first-order chi connectivity index (χ1) is 10.5. The van der Waals surface area contributed by atoms with Crippen LogP contribution in [-0.2, 0) is 16.6 Å². The molecule has 0 fully saturated rings. The Hall–Kier alpha value is -1.55. The van der Waals surface area contributed by atoms with E-state index >= 15 is 0 Å². The van der Waals surface area contributed by atoms with Crippen LogP contribution in [0.1, 0.15) is 9.75 Å². The molecule has 0 atom stereocenters. The molecule has 116 valence electrons. The van der Waals surface area contributed by atoms with Crippen LogP contribution in [0.2, 0.25) is 0 Å². The first-order valence-corrected chi connectivity index (χ1v) is 9.58. The topological polar surface area (TPSA) is 84.0 Å². The minimum Gasteiger partial charge on any atom is -0.365 e. The van der Waals surface area contributed by atoms with Crippen LogP contribution in [0.4, 0.5) is 5.82 Å². The second kappa shape index (κ2) is 5.92. The number of hydrogen-bond donors (Lipinski definition) is 2. The van der Waals surface area contributed by atoms with Crippen molar-refractivity contribution in [3.8, 4) is 0 Å². The maximum Gasteiger partial charge on any atom is 0.249 e. The predicted octanol–water partition coefficient (Wildman–Crippen LogP) is 2.58. The fourth-order valence-corrected chi connectivity index (χ4v) is 4.97. The van der Waals surface area contributed by atoms with Crippen LogP contribution in [0.3, 0.4) is 0 Å². The number of thiophene rings is 2. The van der Waals surface area contributed by atoms with Gasteiger partial charge in [-0.3, -0.25) is 0 Å². The molecule has 0 bridgehead atoms. The van der Waals surface area contributed by atoms with E-state index in [0.717, 1.165) is 20.9 Å². The van der Waals surface area contributed by atoms with Gasteiger partial charge in [-0.15, -0.1) is 22.7 Å². The van der Waals surface area contributed by atoms with Gasteiger partial charge in [-0.1, -0.05) is 0 Å². The van der Waals surface area contributed by atoms with E-state index < -0.39 is 10.0 Å². The number of aryl methyl sites for hydroxylation is 1. The molecule has 3 rings (SSSR count). The van der Waals surface area contributed by atoms with E-state index in [4.69, 9.17) is 0 Å². The maximum absolute atomic E-state index is 11.7. The molecule has 22 heavy (non-hydrogen) atoms. The largest absolute Gasteiger partial charge is 0.365 e. The Labute approximate surface area is 136 Å². The van der Waals surface area contributed by atoms with Crippen LogP contribution in [0, 0.1) is 6.92 Å². The average Bonchev–Trinajstić information content (AvgIpc) is 3.10. The first kappa shape index (κ1) is 15.3. The molecular formula is C13H14N4O2S3. The summed E-state index contributed by atoms with van der Waals surface area (Å²) in [4.78, 5) is 11.6. The monoisotopic (exact) mass is 354 g/mol. The Kier molecular flexibility index (Phi) is 4.13. The van der Waals surface area contributed by atoms with Gasteiger partial charge in [0.15, 0.2) is 0 Å². The summed E-state index contributed by atoms with van der Waals surface area (Å²) in [5.74, 6) is 0.765. The number of rotatable bonds is 5. The molecule has 0 radical (unpaired) electrons. The van der Waals surface area contributed by atoms with Crippen molar-refractivity contribution in [3.63, 3.8) is 0 Å². The van der Waals surface area contributed by atoms with Crippen molar-refractivity contribution in [1.82, 2.24) is 14.7 Å². The molecule has 0 saturated carbocycles. The molecule has 0 aliphatic rings. The van der Waals surface area contributed by atoms with Crippen molar-refractivity contribution < 1.29 is 8.42 Å². The minimum absolute atomic E-state index is 0.311. The number of nitrogens with one attached hydrogen (secondary N) is 2. The smallest absolute Gasteiger partial charge is 0.249 e. The van der Waals surface area contributed by atoms with Gasteiger partial charge in [-0.25, -0.2) is 23.1 Å². The molecule has 0 aliphatic carbocycles. The minimum atomic E-state index is -3.37. The fraction of sp³-hybridized carbons (Fsp3) is 0.231. The first-order valence-electron chi connectivity index (χ1n) is 6.47. The molecule has 3 heterocycles. The highest BCUT2D eigenvalue weighted by atomic mass is 32.2. The highest BCUT2D eigenvalue weighted by Crippen LogP contribution is 2.28. The van der Waals surface area contributed by atoms with Gasteiger partial charge in [-0.2, -0.15) is 0 Å².